The van der Waals surface area contributed by atoms with Crippen LogP contribution in [0.2, 0.25) is 5.02 Å². The molecule has 0 bridgehead atoms. The molecular formula is C18H22ClNO. The molecule has 21 heavy (non-hydrogen) atoms. The van der Waals surface area contributed by atoms with Crippen molar-refractivity contribution in [1.82, 2.24) is 5.32 Å². The van der Waals surface area contributed by atoms with E-state index < -0.39 is 0 Å². The Balaban J connectivity index is 1.78. The summed E-state index contributed by atoms with van der Waals surface area (Å²) in [6, 6.07) is 16.8. The molecule has 3 heteroatoms. The molecule has 0 atom stereocenters. The minimum absolute atomic E-state index is 0.505. The topological polar surface area (TPSA) is 21.3 Å². The fourth-order valence-corrected chi connectivity index (χ4v) is 2.20. The van der Waals surface area contributed by atoms with Gasteiger partial charge in [0.25, 0.3) is 0 Å². The monoisotopic (exact) mass is 303 g/mol. The Morgan fingerprint density at radius 2 is 1.62 bits per heavy atom. The lowest BCUT2D eigenvalue weighted by Gasteiger charge is -2.09. The summed E-state index contributed by atoms with van der Waals surface area (Å²) >= 11 is 5.95. The molecule has 0 aromatic heterocycles. The van der Waals surface area contributed by atoms with Crippen molar-refractivity contribution < 1.29 is 4.74 Å². The number of nitrogens with one attached hydrogen (secondary N) is 1. The second-order valence-electron chi connectivity index (χ2n) is 5.47. The van der Waals surface area contributed by atoms with Crippen molar-refractivity contribution >= 4 is 11.6 Å². The highest BCUT2D eigenvalue weighted by molar-refractivity contribution is 6.30. The minimum atomic E-state index is 0.505. The third-order valence-electron chi connectivity index (χ3n) is 3.16. The summed E-state index contributed by atoms with van der Waals surface area (Å²) in [6.07, 6.45) is 0. The van der Waals surface area contributed by atoms with Crippen LogP contribution >= 0.6 is 11.6 Å². The highest BCUT2D eigenvalue weighted by atomic mass is 35.5. The predicted molar refractivity (Wildman–Crippen MR) is 88.4 cm³/mol. The van der Waals surface area contributed by atoms with Crippen molar-refractivity contribution in [3.8, 4) is 0 Å². The van der Waals surface area contributed by atoms with E-state index in [1.165, 1.54) is 11.1 Å². The van der Waals surface area contributed by atoms with Crippen molar-refractivity contribution in [2.45, 2.75) is 39.6 Å². The first-order chi connectivity index (χ1) is 10.1. The number of benzene rings is 2. The van der Waals surface area contributed by atoms with Gasteiger partial charge in [-0.05, 0) is 28.8 Å². The second-order valence-corrected chi connectivity index (χ2v) is 5.91. The summed E-state index contributed by atoms with van der Waals surface area (Å²) < 4.78 is 5.72. The molecule has 112 valence electrons. The molecule has 2 rings (SSSR count). The molecule has 0 amide bonds. The van der Waals surface area contributed by atoms with Gasteiger partial charge in [0, 0.05) is 17.6 Å². The molecule has 0 spiro atoms. The Morgan fingerprint density at radius 3 is 2.29 bits per heavy atom. The van der Waals surface area contributed by atoms with E-state index in [9.17, 15) is 0 Å². The van der Waals surface area contributed by atoms with Gasteiger partial charge in [-0.2, -0.15) is 0 Å². The van der Waals surface area contributed by atoms with Crippen molar-refractivity contribution in [2.75, 3.05) is 0 Å². The molecule has 0 saturated heterocycles. The maximum atomic E-state index is 5.95. The van der Waals surface area contributed by atoms with Crippen molar-refractivity contribution in [3.05, 3.63) is 70.2 Å². The van der Waals surface area contributed by atoms with Gasteiger partial charge >= 0.3 is 0 Å². The van der Waals surface area contributed by atoms with E-state index in [1.54, 1.807) is 0 Å². The van der Waals surface area contributed by atoms with Gasteiger partial charge < -0.3 is 10.1 Å². The van der Waals surface area contributed by atoms with Crippen LogP contribution in [0.3, 0.4) is 0 Å². The van der Waals surface area contributed by atoms with Crippen LogP contribution in [-0.2, 0) is 24.5 Å². The van der Waals surface area contributed by atoms with Gasteiger partial charge in [-0.3, -0.25) is 0 Å². The molecule has 2 aromatic carbocycles. The van der Waals surface area contributed by atoms with E-state index in [-0.39, 0.29) is 0 Å². The fraction of sp³-hybridized carbons (Fsp3) is 0.333. The molecule has 0 heterocycles. The average Bonchev–Trinajstić information content (AvgIpc) is 2.46. The Hall–Kier alpha value is -1.35. The SMILES string of the molecule is CC(C)NCc1ccc(COCc2cccc(Cl)c2)cc1. The van der Waals surface area contributed by atoms with Gasteiger partial charge in [-0.25, -0.2) is 0 Å². The lowest BCUT2D eigenvalue weighted by atomic mass is 10.1. The molecule has 0 unspecified atom stereocenters. The number of hydrogen-bond donors (Lipinski definition) is 1. The van der Waals surface area contributed by atoms with E-state index in [0.29, 0.717) is 19.3 Å². The van der Waals surface area contributed by atoms with Crippen molar-refractivity contribution in [3.63, 3.8) is 0 Å². The molecule has 0 radical (unpaired) electrons. The molecule has 0 aliphatic rings. The van der Waals surface area contributed by atoms with E-state index in [2.05, 4.69) is 43.4 Å². The summed E-state index contributed by atoms with van der Waals surface area (Å²) in [5.41, 5.74) is 3.58. The summed E-state index contributed by atoms with van der Waals surface area (Å²) in [6.45, 7) is 6.40. The number of rotatable bonds is 7. The Morgan fingerprint density at radius 1 is 0.952 bits per heavy atom. The maximum Gasteiger partial charge on any atom is 0.0721 e. The van der Waals surface area contributed by atoms with Crippen LogP contribution < -0.4 is 5.32 Å². The Bertz CT molecular complexity index is 551. The third-order valence-corrected chi connectivity index (χ3v) is 3.40. The van der Waals surface area contributed by atoms with Gasteiger partial charge in [0.15, 0.2) is 0 Å². The molecule has 1 N–H and O–H groups in total. The highest BCUT2D eigenvalue weighted by Gasteiger charge is 1.98. The molecular weight excluding hydrogens is 282 g/mol. The van der Waals surface area contributed by atoms with Crippen LogP contribution in [0.15, 0.2) is 48.5 Å². The molecule has 0 fully saturated rings. The largest absolute Gasteiger partial charge is 0.372 e. The lowest BCUT2D eigenvalue weighted by molar-refractivity contribution is 0.107. The third kappa shape index (κ3) is 5.88. The van der Waals surface area contributed by atoms with Crippen LogP contribution in [0.25, 0.3) is 0 Å². The summed E-state index contributed by atoms with van der Waals surface area (Å²) in [5, 5.41) is 4.16. The predicted octanol–water partition coefficient (Wildman–Crippen LogP) is 4.55. The van der Waals surface area contributed by atoms with E-state index >= 15 is 0 Å². The summed E-state index contributed by atoms with van der Waals surface area (Å²) in [4.78, 5) is 0. The normalized spacial score (nSPS) is 11.0. The zero-order valence-electron chi connectivity index (χ0n) is 12.6. The van der Waals surface area contributed by atoms with Gasteiger partial charge in [-0.15, -0.1) is 0 Å². The van der Waals surface area contributed by atoms with E-state index in [4.69, 9.17) is 16.3 Å². The molecule has 2 aromatic rings. The fourth-order valence-electron chi connectivity index (χ4n) is 1.99. The summed E-state index contributed by atoms with van der Waals surface area (Å²) in [7, 11) is 0. The first kappa shape index (κ1) is 16.0. The molecule has 0 saturated carbocycles. The first-order valence-corrected chi connectivity index (χ1v) is 7.64. The van der Waals surface area contributed by atoms with Crippen LogP contribution in [0.4, 0.5) is 0 Å². The van der Waals surface area contributed by atoms with E-state index in [0.717, 1.165) is 17.1 Å². The van der Waals surface area contributed by atoms with Crippen LogP contribution in [-0.4, -0.2) is 6.04 Å². The first-order valence-electron chi connectivity index (χ1n) is 7.27. The van der Waals surface area contributed by atoms with Crippen molar-refractivity contribution in [2.24, 2.45) is 0 Å². The molecule has 0 aliphatic heterocycles. The van der Waals surface area contributed by atoms with Gasteiger partial charge in [-0.1, -0.05) is 61.8 Å². The average molecular weight is 304 g/mol. The van der Waals surface area contributed by atoms with Gasteiger partial charge in [0.2, 0.25) is 0 Å². The summed E-state index contributed by atoms with van der Waals surface area (Å²) in [5.74, 6) is 0. The van der Waals surface area contributed by atoms with E-state index in [1.807, 2.05) is 24.3 Å². The van der Waals surface area contributed by atoms with Crippen LogP contribution in [0.1, 0.15) is 30.5 Å². The van der Waals surface area contributed by atoms with Crippen LogP contribution in [0.5, 0.6) is 0 Å². The lowest BCUT2D eigenvalue weighted by Crippen LogP contribution is -2.21. The molecule has 0 aliphatic carbocycles. The number of hydrogen-bond acceptors (Lipinski definition) is 2. The highest BCUT2D eigenvalue weighted by Crippen LogP contribution is 2.13. The van der Waals surface area contributed by atoms with Gasteiger partial charge in [0.05, 0.1) is 13.2 Å². The Kier molecular flexibility index (Phi) is 6.24. The molecule has 2 nitrogen and oxygen atoms in total. The zero-order valence-corrected chi connectivity index (χ0v) is 13.4. The Labute approximate surface area is 132 Å². The van der Waals surface area contributed by atoms with Gasteiger partial charge in [0.1, 0.15) is 0 Å². The number of halogens is 1. The van der Waals surface area contributed by atoms with Crippen molar-refractivity contribution in [1.29, 1.82) is 0 Å². The second kappa shape index (κ2) is 8.18. The minimum Gasteiger partial charge on any atom is -0.372 e. The number of ether oxygens (including phenoxy) is 1. The standard InChI is InChI=1S/C18H22ClNO/c1-14(2)20-11-15-6-8-16(9-7-15)12-21-13-17-4-3-5-18(19)10-17/h3-10,14,20H,11-13H2,1-2H3. The smallest absolute Gasteiger partial charge is 0.0721 e. The quantitative estimate of drug-likeness (QED) is 0.810. The zero-order chi connectivity index (χ0) is 15.1. The van der Waals surface area contributed by atoms with Crippen LogP contribution in [0, 0.1) is 0 Å². The maximum absolute atomic E-state index is 5.95.